The molecule has 21 heavy (non-hydrogen) atoms. The van der Waals surface area contributed by atoms with Crippen molar-refractivity contribution in [1.82, 2.24) is 9.88 Å². The van der Waals surface area contributed by atoms with Gasteiger partial charge in [-0.15, -0.1) is 0 Å². The molecule has 114 valence electrons. The summed E-state index contributed by atoms with van der Waals surface area (Å²) in [5, 5.41) is 12.9. The molecule has 0 radical (unpaired) electrons. The molecule has 2 N–H and O–H groups in total. The lowest BCUT2D eigenvalue weighted by Crippen LogP contribution is -2.24. The number of aliphatic hydroxyl groups is 1. The lowest BCUT2D eigenvalue weighted by atomic mass is 10.2. The Balaban J connectivity index is 2.29. The first kappa shape index (κ1) is 16.2. The van der Waals surface area contributed by atoms with E-state index in [1.165, 1.54) is 6.07 Å². The third kappa shape index (κ3) is 3.70. The summed E-state index contributed by atoms with van der Waals surface area (Å²) in [6.45, 7) is 3.23. The van der Waals surface area contributed by atoms with Crippen LogP contribution in [0.1, 0.15) is 22.6 Å². The number of nitrogens with zero attached hydrogens (tertiary/aromatic N) is 1. The second kappa shape index (κ2) is 6.27. The van der Waals surface area contributed by atoms with Gasteiger partial charge in [0.2, 0.25) is 10.0 Å². The van der Waals surface area contributed by atoms with Gasteiger partial charge < -0.3 is 9.63 Å². The fourth-order valence-electron chi connectivity index (χ4n) is 1.82. The van der Waals surface area contributed by atoms with E-state index in [1.807, 2.05) is 0 Å². The second-order valence-corrected chi connectivity index (χ2v) is 7.21. The average Bonchev–Trinajstić information content (AvgIpc) is 2.85. The SMILES string of the molecule is Cc1cc(CNS(=O)(=O)c2cc(CO)cc(Br)c2C)on1. The van der Waals surface area contributed by atoms with E-state index in [1.54, 1.807) is 26.0 Å². The Hall–Kier alpha value is -1.22. The number of aryl methyl sites for hydroxylation is 1. The van der Waals surface area contributed by atoms with E-state index in [9.17, 15) is 13.5 Å². The Morgan fingerprint density at radius 1 is 1.33 bits per heavy atom. The van der Waals surface area contributed by atoms with E-state index in [0.717, 1.165) is 0 Å². The molecule has 2 rings (SSSR count). The van der Waals surface area contributed by atoms with E-state index in [0.29, 0.717) is 27.1 Å². The zero-order chi connectivity index (χ0) is 15.6. The fraction of sp³-hybridized carbons (Fsp3) is 0.308. The van der Waals surface area contributed by atoms with Crippen LogP contribution in [-0.2, 0) is 23.2 Å². The van der Waals surface area contributed by atoms with Gasteiger partial charge in [-0.05, 0) is 37.1 Å². The summed E-state index contributed by atoms with van der Waals surface area (Å²) in [6, 6.07) is 4.80. The van der Waals surface area contributed by atoms with Crippen LogP contribution in [0.15, 0.2) is 32.1 Å². The van der Waals surface area contributed by atoms with E-state index >= 15 is 0 Å². The van der Waals surface area contributed by atoms with Crippen molar-refractivity contribution < 1.29 is 18.0 Å². The third-order valence-corrected chi connectivity index (χ3v) is 5.29. The molecule has 0 aliphatic carbocycles. The first-order valence-electron chi connectivity index (χ1n) is 6.15. The molecule has 0 aliphatic rings. The van der Waals surface area contributed by atoms with Crippen molar-refractivity contribution in [2.24, 2.45) is 0 Å². The molecule has 0 aliphatic heterocycles. The van der Waals surface area contributed by atoms with Gasteiger partial charge in [0.1, 0.15) is 0 Å². The Labute approximate surface area is 131 Å². The summed E-state index contributed by atoms with van der Waals surface area (Å²) in [5.41, 5.74) is 1.78. The number of hydrogen-bond donors (Lipinski definition) is 2. The maximum absolute atomic E-state index is 12.4. The van der Waals surface area contributed by atoms with Gasteiger partial charge in [0.25, 0.3) is 0 Å². The van der Waals surface area contributed by atoms with E-state index in [-0.39, 0.29) is 18.0 Å². The molecule has 1 aromatic heterocycles. The standard InChI is InChI=1S/C13H15BrN2O4S/c1-8-3-11(20-16-8)6-15-21(18,19)13-5-10(7-17)4-12(14)9(13)2/h3-5,15,17H,6-7H2,1-2H3. The monoisotopic (exact) mass is 374 g/mol. The van der Waals surface area contributed by atoms with Crippen molar-refractivity contribution in [2.75, 3.05) is 0 Å². The van der Waals surface area contributed by atoms with E-state index in [4.69, 9.17) is 4.52 Å². The molecule has 0 amide bonds. The molecule has 1 aromatic carbocycles. The van der Waals surface area contributed by atoms with Gasteiger partial charge in [-0.25, -0.2) is 13.1 Å². The minimum atomic E-state index is -3.71. The van der Waals surface area contributed by atoms with Crippen molar-refractivity contribution >= 4 is 26.0 Å². The molecular weight excluding hydrogens is 360 g/mol. The Bertz CT molecular complexity index is 756. The van der Waals surface area contributed by atoms with Crippen molar-refractivity contribution in [3.63, 3.8) is 0 Å². The van der Waals surface area contributed by atoms with Crippen molar-refractivity contribution in [2.45, 2.75) is 31.9 Å². The van der Waals surface area contributed by atoms with Crippen LogP contribution >= 0.6 is 15.9 Å². The predicted molar refractivity (Wildman–Crippen MR) is 80.1 cm³/mol. The van der Waals surface area contributed by atoms with Crippen LogP contribution in [0.2, 0.25) is 0 Å². The largest absolute Gasteiger partial charge is 0.392 e. The highest BCUT2D eigenvalue weighted by Crippen LogP contribution is 2.26. The van der Waals surface area contributed by atoms with Gasteiger partial charge in [0.15, 0.2) is 5.76 Å². The van der Waals surface area contributed by atoms with Crippen LogP contribution in [-0.4, -0.2) is 18.7 Å². The molecule has 6 nitrogen and oxygen atoms in total. The number of aliphatic hydroxyl groups excluding tert-OH is 1. The molecule has 0 bridgehead atoms. The van der Waals surface area contributed by atoms with Gasteiger partial charge in [0, 0.05) is 10.5 Å². The molecule has 1 heterocycles. The normalized spacial score (nSPS) is 11.8. The van der Waals surface area contributed by atoms with Gasteiger partial charge in [-0.1, -0.05) is 21.1 Å². The zero-order valence-electron chi connectivity index (χ0n) is 11.6. The minimum Gasteiger partial charge on any atom is -0.392 e. The highest BCUT2D eigenvalue weighted by molar-refractivity contribution is 9.10. The molecule has 0 saturated heterocycles. The van der Waals surface area contributed by atoms with Gasteiger partial charge in [-0.3, -0.25) is 0 Å². The highest BCUT2D eigenvalue weighted by atomic mass is 79.9. The number of benzene rings is 1. The molecule has 0 saturated carbocycles. The van der Waals surface area contributed by atoms with E-state index in [2.05, 4.69) is 25.8 Å². The molecular formula is C13H15BrN2O4S. The van der Waals surface area contributed by atoms with Crippen molar-refractivity contribution in [3.8, 4) is 0 Å². The van der Waals surface area contributed by atoms with Crippen molar-refractivity contribution in [3.05, 3.63) is 45.3 Å². The van der Waals surface area contributed by atoms with Crippen LogP contribution in [0.5, 0.6) is 0 Å². The smallest absolute Gasteiger partial charge is 0.241 e. The maximum atomic E-state index is 12.4. The molecule has 8 heteroatoms. The first-order valence-corrected chi connectivity index (χ1v) is 8.43. The quantitative estimate of drug-likeness (QED) is 0.834. The topological polar surface area (TPSA) is 92.4 Å². The average molecular weight is 375 g/mol. The minimum absolute atomic E-state index is 0.0174. The second-order valence-electron chi connectivity index (χ2n) is 4.62. The van der Waals surface area contributed by atoms with E-state index < -0.39 is 10.0 Å². The summed E-state index contributed by atoms with van der Waals surface area (Å²) in [4.78, 5) is 0.122. The predicted octanol–water partition coefficient (Wildman–Crippen LogP) is 2.02. The number of sulfonamides is 1. The Morgan fingerprint density at radius 3 is 2.62 bits per heavy atom. The Morgan fingerprint density at radius 2 is 2.05 bits per heavy atom. The molecule has 0 fully saturated rings. The maximum Gasteiger partial charge on any atom is 0.241 e. The zero-order valence-corrected chi connectivity index (χ0v) is 14.0. The van der Waals surface area contributed by atoms with Crippen LogP contribution in [0, 0.1) is 13.8 Å². The van der Waals surface area contributed by atoms with Crippen LogP contribution in [0.4, 0.5) is 0 Å². The fourth-order valence-corrected chi connectivity index (χ4v) is 3.77. The first-order chi connectivity index (χ1) is 9.83. The Kier molecular flexibility index (Phi) is 4.82. The lowest BCUT2D eigenvalue weighted by molar-refractivity contribution is 0.281. The summed E-state index contributed by atoms with van der Waals surface area (Å²) >= 11 is 3.30. The van der Waals surface area contributed by atoms with Gasteiger partial charge in [0.05, 0.1) is 23.7 Å². The van der Waals surface area contributed by atoms with Crippen LogP contribution in [0.25, 0.3) is 0 Å². The third-order valence-electron chi connectivity index (χ3n) is 2.94. The number of nitrogens with one attached hydrogen (secondary N) is 1. The molecule has 0 spiro atoms. The number of halogens is 1. The summed E-state index contributed by atoms with van der Waals surface area (Å²) in [5.74, 6) is 0.436. The molecule has 0 unspecified atom stereocenters. The number of hydrogen-bond acceptors (Lipinski definition) is 5. The van der Waals surface area contributed by atoms with Crippen molar-refractivity contribution in [1.29, 1.82) is 0 Å². The van der Waals surface area contributed by atoms with Crippen LogP contribution in [0.3, 0.4) is 0 Å². The number of aromatic nitrogens is 1. The lowest BCUT2D eigenvalue weighted by Gasteiger charge is -2.11. The van der Waals surface area contributed by atoms with Gasteiger partial charge in [-0.2, -0.15) is 0 Å². The van der Waals surface area contributed by atoms with Gasteiger partial charge >= 0.3 is 0 Å². The molecule has 2 aromatic rings. The number of rotatable bonds is 5. The highest BCUT2D eigenvalue weighted by Gasteiger charge is 2.20. The summed E-state index contributed by atoms with van der Waals surface area (Å²) in [6.07, 6.45) is 0. The van der Waals surface area contributed by atoms with Crippen LogP contribution < -0.4 is 4.72 Å². The summed E-state index contributed by atoms with van der Waals surface area (Å²) in [7, 11) is -3.71. The summed E-state index contributed by atoms with van der Waals surface area (Å²) < 4.78 is 32.8. The molecule has 0 atom stereocenters.